The standard InChI is InChI=1S/C8H15N3O/c1-3-6(9)8(12)7-4-10-5-11(7)2/h4-6,8,12H,3,9H2,1-2H3. The van der Waals surface area contributed by atoms with Gasteiger partial charge in [-0.3, -0.25) is 0 Å². The summed E-state index contributed by atoms with van der Waals surface area (Å²) in [7, 11) is 1.84. The van der Waals surface area contributed by atoms with Crippen LogP contribution in [-0.2, 0) is 7.05 Å². The molecule has 0 saturated carbocycles. The first kappa shape index (κ1) is 9.22. The number of aryl methyl sites for hydroxylation is 1. The summed E-state index contributed by atoms with van der Waals surface area (Å²) in [5.41, 5.74) is 6.45. The van der Waals surface area contributed by atoms with E-state index in [1.54, 1.807) is 17.1 Å². The lowest BCUT2D eigenvalue weighted by atomic mass is 10.1. The Kier molecular flexibility index (Phi) is 2.83. The van der Waals surface area contributed by atoms with Crippen LogP contribution in [0.3, 0.4) is 0 Å². The summed E-state index contributed by atoms with van der Waals surface area (Å²) in [6, 6.07) is -0.208. The zero-order chi connectivity index (χ0) is 9.14. The van der Waals surface area contributed by atoms with Crippen molar-refractivity contribution in [1.82, 2.24) is 9.55 Å². The van der Waals surface area contributed by atoms with Crippen molar-refractivity contribution in [2.45, 2.75) is 25.5 Å². The molecule has 1 heterocycles. The molecule has 0 aliphatic heterocycles. The predicted molar refractivity (Wildman–Crippen MR) is 46.4 cm³/mol. The fraction of sp³-hybridized carbons (Fsp3) is 0.625. The monoisotopic (exact) mass is 169 g/mol. The molecular formula is C8H15N3O. The molecular weight excluding hydrogens is 154 g/mol. The highest BCUT2D eigenvalue weighted by atomic mass is 16.3. The Bertz CT molecular complexity index is 246. The van der Waals surface area contributed by atoms with Gasteiger partial charge >= 0.3 is 0 Å². The topological polar surface area (TPSA) is 64.1 Å². The molecule has 0 fully saturated rings. The van der Waals surface area contributed by atoms with Gasteiger partial charge in [0.2, 0.25) is 0 Å². The Morgan fingerprint density at radius 3 is 2.83 bits per heavy atom. The second kappa shape index (κ2) is 3.69. The largest absolute Gasteiger partial charge is 0.385 e. The van der Waals surface area contributed by atoms with Crippen LogP contribution in [0.5, 0.6) is 0 Å². The summed E-state index contributed by atoms with van der Waals surface area (Å²) in [4.78, 5) is 3.91. The zero-order valence-electron chi connectivity index (χ0n) is 7.44. The zero-order valence-corrected chi connectivity index (χ0v) is 7.44. The highest BCUT2D eigenvalue weighted by Crippen LogP contribution is 2.15. The molecule has 2 unspecified atom stereocenters. The Hall–Kier alpha value is -0.870. The van der Waals surface area contributed by atoms with Gasteiger partial charge in [0.1, 0.15) is 6.10 Å². The third-order valence-electron chi connectivity index (χ3n) is 2.03. The van der Waals surface area contributed by atoms with E-state index in [0.29, 0.717) is 0 Å². The van der Waals surface area contributed by atoms with E-state index >= 15 is 0 Å². The third-order valence-corrected chi connectivity index (χ3v) is 2.03. The van der Waals surface area contributed by atoms with Crippen molar-refractivity contribution >= 4 is 0 Å². The van der Waals surface area contributed by atoms with E-state index in [9.17, 15) is 5.11 Å². The van der Waals surface area contributed by atoms with E-state index in [-0.39, 0.29) is 6.04 Å². The molecule has 1 aromatic heterocycles. The normalized spacial score (nSPS) is 16.0. The summed E-state index contributed by atoms with van der Waals surface area (Å²) in [6.45, 7) is 1.95. The van der Waals surface area contributed by atoms with Crippen LogP contribution in [0.1, 0.15) is 25.1 Å². The minimum Gasteiger partial charge on any atom is -0.385 e. The molecule has 0 radical (unpaired) electrons. The number of rotatable bonds is 3. The molecule has 68 valence electrons. The lowest BCUT2D eigenvalue weighted by Gasteiger charge is -2.16. The minimum atomic E-state index is -0.609. The molecule has 0 amide bonds. The van der Waals surface area contributed by atoms with Gasteiger partial charge in [-0.25, -0.2) is 4.98 Å². The van der Waals surface area contributed by atoms with Crippen molar-refractivity contribution in [2.24, 2.45) is 12.8 Å². The van der Waals surface area contributed by atoms with Crippen molar-refractivity contribution in [1.29, 1.82) is 0 Å². The molecule has 3 N–H and O–H groups in total. The van der Waals surface area contributed by atoms with Crippen molar-refractivity contribution in [3.63, 3.8) is 0 Å². The molecule has 0 aromatic carbocycles. The van der Waals surface area contributed by atoms with Gasteiger partial charge in [-0.15, -0.1) is 0 Å². The quantitative estimate of drug-likeness (QED) is 0.679. The van der Waals surface area contributed by atoms with Crippen molar-refractivity contribution in [3.05, 3.63) is 18.2 Å². The predicted octanol–water partition coefficient (Wildman–Crippen LogP) is 0.191. The fourth-order valence-electron chi connectivity index (χ4n) is 1.10. The first-order valence-electron chi connectivity index (χ1n) is 4.06. The number of nitrogens with zero attached hydrogens (tertiary/aromatic N) is 2. The van der Waals surface area contributed by atoms with Crippen LogP contribution < -0.4 is 5.73 Å². The fourth-order valence-corrected chi connectivity index (χ4v) is 1.10. The molecule has 12 heavy (non-hydrogen) atoms. The second-order valence-electron chi connectivity index (χ2n) is 2.95. The second-order valence-corrected chi connectivity index (χ2v) is 2.95. The van der Waals surface area contributed by atoms with Crippen molar-refractivity contribution in [3.8, 4) is 0 Å². The highest BCUT2D eigenvalue weighted by Gasteiger charge is 2.17. The highest BCUT2D eigenvalue weighted by molar-refractivity contribution is 5.04. The van der Waals surface area contributed by atoms with Crippen LogP contribution in [-0.4, -0.2) is 20.7 Å². The lowest BCUT2D eigenvalue weighted by Crippen LogP contribution is -2.28. The molecule has 1 aromatic rings. The van der Waals surface area contributed by atoms with Gasteiger partial charge < -0.3 is 15.4 Å². The smallest absolute Gasteiger partial charge is 0.111 e. The number of imidazole rings is 1. The summed E-state index contributed by atoms with van der Waals surface area (Å²) >= 11 is 0. The van der Waals surface area contributed by atoms with E-state index in [2.05, 4.69) is 4.98 Å². The maximum absolute atomic E-state index is 9.67. The molecule has 0 saturated heterocycles. The van der Waals surface area contributed by atoms with Crippen LogP contribution in [0.25, 0.3) is 0 Å². The van der Waals surface area contributed by atoms with Crippen LogP contribution in [0.4, 0.5) is 0 Å². The number of aliphatic hydroxyl groups is 1. The van der Waals surface area contributed by atoms with Gasteiger partial charge in [-0.1, -0.05) is 6.92 Å². The molecule has 0 bridgehead atoms. The Balaban J connectivity index is 2.77. The van der Waals surface area contributed by atoms with E-state index in [1.807, 2.05) is 14.0 Å². The molecule has 1 rings (SSSR count). The summed E-state index contributed by atoms with van der Waals surface area (Å²) < 4.78 is 1.78. The summed E-state index contributed by atoms with van der Waals surface area (Å²) in [5.74, 6) is 0. The van der Waals surface area contributed by atoms with Crippen LogP contribution >= 0.6 is 0 Å². The summed E-state index contributed by atoms with van der Waals surface area (Å²) in [5, 5.41) is 9.67. The lowest BCUT2D eigenvalue weighted by molar-refractivity contribution is 0.137. The Morgan fingerprint density at radius 1 is 1.75 bits per heavy atom. The van der Waals surface area contributed by atoms with E-state index < -0.39 is 6.10 Å². The van der Waals surface area contributed by atoms with Gasteiger partial charge in [0, 0.05) is 13.1 Å². The average molecular weight is 169 g/mol. The Morgan fingerprint density at radius 2 is 2.42 bits per heavy atom. The molecule has 2 atom stereocenters. The number of hydrogen-bond donors (Lipinski definition) is 2. The Labute approximate surface area is 72.0 Å². The first-order valence-corrected chi connectivity index (χ1v) is 4.06. The number of aliphatic hydroxyl groups excluding tert-OH is 1. The SMILES string of the molecule is CCC(N)C(O)c1cncn1C. The van der Waals surface area contributed by atoms with E-state index in [1.165, 1.54) is 0 Å². The minimum absolute atomic E-state index is 0.208. The average Bonchev–Trinajstić information content (AvgIpc) is 2.48. The third kappa shape index (κ3) is 1.65. The molecule has 0 aliphatic carbocycles. The number of hydrogen-bond acceptors (Lipinski definition) is 3. The van der Waals surface area contributed by atoms with Crippen LogP contribution in [0.15, 0.2) is 12.5 Å². The maximum atomic E-state index is 9.67. The van der Waals surface area contributed by atoms with E-state index in [0.717, 1.165) is 12.1 Å². The van der Waals surface area contributed by atoms with Crippen molar-refractivity contribution < 1.29 is 5.11 Å². The molecule has 0 aliphatic rings. The van der Waals surface area contributed by atoms with Gasteiger partial charge in [0.15, 0.2) is 0 Å². The van der Waals surface area contributed by atoms with Gasteiger partial charge in [0.05, 0.1) is 18.2 Å². The van der Waals surface area contributed by atoms with Crippen molar-refractivity contribution in [2.75, 3.05) is 0 Å². The number of aromatic nitrogens is 2. The molecule has 4 heteroatoms. The van der Waals surface area contributed by atoms with Crippen LogP contribution in [0, 0.1) is 0 Å². The van der Waals surface area contributed by atoms with Gasteiger partial charge in [0.25, 0.3) is 0 Å². The van der Waals surface area contributed by atoms with Gasteiger partial charge in [-0.05, 0) is 6.42 Å². The van der Waals surface area contributed by atoms with E-state index in [4.69, 9.17) is 5.73 Å². The maximum Gasteiger partial charge on any atom is 0.111 e. The molecule has 4 nitrogen and oxygen atoms in total. The van der Waals surface area contributed by atoms with Crippen LogP contribution in [0.2, 0.25) is 0 Å². The first-order chi connectivity index (χ1) is 5.66. The van der Waals surface area contributed by atoms with Gasteiger partial charge in [-0.2, -0.15) is 0 Å². The number of nitrogens with two attached hydrogens (primary N) is 1. The molecule has 0 spiro atoms. The summed E-state index contributed by atoms with van der Waals surface area (Å²) in [6.07, 6.45) is 3.44.